The molecule has 1 aromatic heterocycles. The molecule has 0 amide bonds. The number of para-hydroxylation sites is 1. The van der Waals surface area contributed by atoms with Gasteiger partial charge in [-0.15, -0.1) is 0 Å². The maximum atomic E-state index is 12.5. The Morgan fingerprint density at radius 3 is 2.51 bits per heavy atom. The number of ether oxygens (including phenoxy) is 4. The van der Waals surface area contributed by atoms with E-state index in [0.29, 0.717) is 47.9 Å². The lowest BCUT2D eigenvalue weighted by molar-refractivity contribution is 0.00716. The molecule has 3 aromatic carbocycles. The minimum absolute atomic E-state index is 0.113. The number of carbonyl (C=O) groups excluding carboxylic acids is 1. The van der Waals surface area contributed by atoms with Crippen LogP contribution in [0.2, 0.25) is 0 Å². The first-order chi connectivity index (χ1) is 19.0. The first-order valence-corrected chi connectivity index (χ1v) is 12.7. The van der Waals surface area contributed by atoms with Crippen molar-refractivity contribution in [3.63, 3.8) is 0 Å². The number of hydroxylamine groups is 1. The monoisotopic (exact) mass is 530 g/mol. The van der Waals surface area contributed by atoms with Crippen LogP contribution < -0.4 is 10.2 Å². The van der Waals surface area contributed by atoms with Gasteiger partial charge in [-0.3, -0.25) is 9.98 Å². The maximum Gasteiger partial charge on any atom is 0.340 e. The number of hydrogen-bond acceptors (Lipinski definition) is 8. The Hall–Kier alpha value is -4.25. The highest BCUT2D eigenvalue weighted by Gasteiger charge is 2.42. The van der Waals surface area contributed by atoms with E-state index in [9.17, 15) is 4.79 Å². The lowest BCUT2D eigenvalue weighted by atomic mass is 9.98. The molecule has 2 N–H and O–H groups in total. The van der Waals surface area contributed by atoms with Gasteiger partial charge in [0.2, 0.25) is 12.6 Å². The van der Waals surface area contributed by atoms with Gasteiger partial charge in [0.1, 0.15) is 5.84 Å². The fourth-order valence-electron chi connectivity index (χ4n) is 4.37. The molecular formula is C29H30N4O6. The molecule has 2 atom stereocenters. The van der Waals surface area contributed by atoms with Gasteiger partial charge < -0.3 is 18.9 Å². The Bertz CT molecular complexity index is 1480. The highest BCUT2D eigenvalue weighted by atomic mass is 16.9. The van der Waals surface area contributed by atoms with Crippen molar-refractivity contribution in [2.24, 2.45) is 0 Å². The summed E-state index contributed by atoms with van der Waals surface area (Å²) in [5.74, 6) is -0.319. The average molecular weight is 531 g/mol. The first kappa shape index (κ1) is 26.4. The number of epoxide rings is 1. The van der Waals surface area contributed by atoms with Crippen molar-refractivity contribution in [3.8, 4) is 17.1 Å². The van der Waals surface area contributed by atoms with E-state index in [1.165, 1.54) is 7.11 Å². The van der Waals surface area contributed by atoms with Crippen LogP contribution in [0.5, 0.6) is 6.01 Å². The molecule has 5 rings (SSSR count). The molecule has 10 nitrogen and oxygen atoms in total. The van der Waals surface area contributed by atoms with Crippen molar-refractivity contribution in [2.45, 2.75) is 33.0 Å². The van der Waals surface area contributed by atoms with E-state index < -0.39 is 18.5 Å². The second-order valence-corrected chi connectivity index (χ2v) is 8.74. The second-order valence-electron chi connectivity index (χ2n) is 8.74. The third kappa shape index (κ3) is 5.63. The fourth-order valence-corrected chi connectivity index (χ4v) is 4.37. The van der Waals surface area contributed by atoms with Crippen LogP contribution in [-0.4, -0.2) is 54.3 Å². The van der Waals surface area contributed by atoms with Crippen LogP contribution in [0.4, 0.5) is 0 Å². The minimum Gasteiger partial charge on any atom is -0.465 e. The number of imidazole rings is 1. The number of carbonyl (C=O) groups is 1. The third-order valence-corrected chi connectivity index (χ3v) is 6.23. The van der Waals surface area contributed by atoms with Gasteiger partial charge in [0.25, 0.3) is 6.01 Å². The summed E-state index contributed by atoms with van der Waals surface area (Å²) in [5.41, 5.74) is 7.89. The van der Waals surface area contributed by atoms with Gasteiger partial charge in [0.05, 0.1) is 36.9 Å². The highest BCUT2D eigenvalue weighted by Crippen LogP contribution is 2.29. The summed E-state index contributed by atoms with van der Waals surface area (Å²) in [5, 5.41) is 8.50. The van der Waals surface area contributed by atoms with E-state index in [2.05, 4.69) is 10.5 Å². The Morgan fingerprint density at radius 2 is 1.77 bits per heavy atom. The van der Waals surface area contributed by atoms with E-state index in [-0.39, 0.29) is 5.84 Å². The molecule has 1 fully saturated rings. The predicted molar refractivity (Wildman–Crippen MR) is 145 cm³/mol. The van der Waals surface area contributed by atoms with Crippen molar-refractivity contribution >= 4 is 22.8 Å². The summed E-state index contributed by atoms with van der Waals surface area (Å²) < 4.78 is 23.3. The van der Waals surface area contributed by atoms with Gasteiger partial charge in [-0.25, -0.2) is 15.1 Å². The van der Waals surface area contributed by atoms with Crippen LogP contribution in [0, 0.1) is 5.41 Å². The normalized spacial score (nSPS) is 16.2. The summed E-state index contributed by atoms with van der Waals surface area (Å²) in [6.07, 6.45) is -0.935. The quantitative estimate of drug-likeness (QED) is 0.0956. The van der Waals surface area contributed by atoms with Crippen LogP contribution in [0.15, 0.2) is 66.7 Å². The summed E-state index contributed by atoms with van der Waals surface area (Å²) in [4.78, 5) is 22.5. The lowest BCUT2D eigenvalue weighted by Crippen LogP contribution is -2.26. The molecule has 0 bridgehead atoms. The molecular weight excluding hydrogens is 500 g/mol. The van der Waals surface area contributed by atoms with Crippen molar-refractivity contribution in [1.82, 2.24) is 15.0 Å². The van der Waals surface area contributed by atoms with Crippen LogP contribution >= 0.6 is 0 Å². The molecule has 0 radical (unpaired) electrons. The summed E-state index contributed by atoms with van der Waals surface area (Å²) in [6.45, 7) is 5.18. The molecule has 2 unspecified atom stereocenters. The molecule has 2 heterocycles. The Morgan fingerprint density at radius 1 is 1.00 bits per heavy atom. The molecule has 1 aliphatic heterocycles. The number of nitrogens with one attached hydrogen (secondary N) is 2. The van der Waals surface area contributed by atoms with Crippen LogP contribution in [-0.2, 0) is 25.6 Å². The zero-order valence-corrected chi connectivity index (χ0v) is 22.0. The summed E-state index contributed by atoms with van der Waals surface area (Å²) in [6, 6.07) is 21.4. The number of hydrogen-bond donors (Lipinski definition) is 2. The highest BCUT2D eigenvalue weighted by molar-refractivity contribution is 6.03. The predicted octanol–water partition coefficient (Wildman–Crippen LogP) is 4.50. The topological polar surface area (TPSA) is 120 Å². The minimum atomic E-state index is -0.530. The second kappa shape index (κ2) is 11.6. The standard InChI is InChI=1S/C29H30N4O6/c1-4-36-27-28(38-27)39-32-25(30)21-10-7-6-9-20(21)19-15-13-18(14-16-19)17-33-24-22(26(34)35-3)11-8-12-23(24)31-29(33)37-5-2/h6-16,27-28H,4-5,17H2,1-3H3,(H2,30,32). The van der Waals surface area contributed by atoms with Gasteiger partial charge in [0, 0.05) is 12.2 Å². The third-order valence-electron chi connectivity index (χ3n) is 6.23. The molecule has 202 valence electrons. The van der Waals surface area contributed by atoms with Crippen molar-refractivity contribution in [3.05, 3.63) is 83.4 Å². The molecule has 39 heavy (non-hydrogen) atoms. The molecule has 0 spiro atoms. The molecule has 1 saturated heterocycles. The smallest absolute Gasteiger partial charge is 0.340 e. The number of amidine groups is 1. The largest absolute Gasteiger partial charge is 0.465 e. The first-order valence-electron chi connectivity index (χ1n) is 12.7. The van der Waals surface area contributed by atoms with E-state index >= 15 is 0 Å². The Kier molecular flexibility index (Phi) is 7.87. The number of aromatic nitrogens is 2. The van der Waals surface area contributed by atoms with E-state index in [0.717, 1.165) is 16.7 Å². The van der Waals surface area contributed by atoms with Crippen LogP contribution in [0.25, 0.3) is 22.2 Å². The summed E-state index contributed by atoms with van der Waals surface area (Å²) in [7, 11) is 1.36. The lowest BCUT2D eigenvalue weighted by Gasteiger charge is -2.14. The zero-order chi connectivity index (χ0) is 27.4. The van der Waals surface area contributed by atoms with Gasteiger partial charge in [0.15, 0.2) is 0 Å². The number of rotatable bonds is 11. The van der Waals surface area contributed by atoms with Gasteiger partial charge in [-0.1, -0.05) is 54.6 Å². The Labute approximate surface area is 225 Å². The fraction of sp³-hybridized carbons (Fsp3) is 0.276. The Balaban J connectivity index is 1.38. The number of esters is 1. The SMILES string of the molecule is CCOc1nc2cccc(C(=O)OC)c2n1Cc1ccc(-c2ccccc2C(=N)NOC2OC2OCC)cc1. The number of nitrogens with zero attached hydrogens (tertiary/aromatic N) is 2. The molecule has 0 aliphatic carbocycles. The average Bonchev–Trinajstić information content (AvgIpc) is 3.63. The van der Waals surface area contributed by atoms with Gasteiger partial charge in [-0.2, -0.15) is 4.98 Å². The number of methoxy groups -OCH3 is 1. The van der Waals surface area contributed by atoms with E-state index in [4.69, 9.17) is 29.2 Å². The van der Waals surface area contributed by atoms with E-state index in [1.807, 2.05) is 73.0 Å². The van der Waals surface area contributed by atoms with Crippen molar-refractivity contribution in [2.75, 3.05) is 20.3 Å². The molecule has 10 heteroatoms. The maximum absolute atomic E-state index is 12.5. The van der Waals surface area contributed by atoms with Gasteiger partial charge in [-0.05, 0) is 42.7 Å². The zero-order valence-electron chi connectivity index (χ0n) is 22.0. The number of benzene rings is 3. The molecule has 4 aromatic rings. The summed E-state index contributed by atoms with van der Waals surface area (Å²) >= 11 is 0. The number of fused-ring (bicyclic) bond motifs is 1. The van der Waals surface area contributed by atoms with E-state index in [1.54, 1.807) is 12.1 Å². The van der Waals surface area contributed by atoms with Crippen LogP contribution in [0.3, 0.4) is 0 Å². The molecule has 0 saturated carbocycles. The van der Waals surface area contributed by atoms with Crippen LogP contribution in [0.1, 0.15) is 35.3 Å². The molecule has 1 aliphatic rings. The van der Waals surface area contributed by atoms with Gasteiger partial charge >= 0.3 is 5.97 Å². The van der Waals surface area contributed by atoms with Crippen molar-refractivity contribution in [1.29, 1.82) is 5.41 Å². The van der Waals surface area contributed by atoms with Crippen molar-refractivity contribution < 1.29 is 28.6 Å².